The fourth-order valence-corrected chi connectivity index (χ4v) is 1.68. The van der Waals surface area contributed by atoms with Gasteiger partial charge in [0.2, 0.25) is 5.82 Å². The Morgan fingerprint density at radius 2 is 1.67 bits per heavy atom. The van der Waals surface area contributed by atoms with Gasteiger partial charge in [0.25, 0.3) is 0 Å². The molecule has 2 N–H and O–H groups in total. The Bertz CT molecular complexity index is 573. The number of nitrogens with two attached hydrogens (primary N) is 1. The lowest BCUT2D eigenvalue weighted by Gasteiger charge is -2.11. The summed E-state index contributed by atoms with van der Waals surface area (Å²) in [6.45, 7) is 3.66. The first-order valence-corrected chi connectivity index (χ1v) is 5.47. The van der Waals surface area contributed by atoms with E-state index < -0.39 is 11.6 Å². The fraction of sp³-hybridized carbons (Fsp3) is 0.143. The number of rotatable bonds is 2. The molecule has 0 amide bonds. The zero-order valence-electron chi connectivity index (χ0n) is 10.1. The minimum atomic E-state index is -0.996. The number of hydrogen-bond acceptors (Lipinski definition) is 2. The Hall–Kier alpha value is -2.10. The summed E-state index contributed by atoms with van der Waals surface area (Å²) in [5, 5.41) is 0. The van der Waals surface area contributed by atoms with Crippen LogP contribution in [0.1, 0.15) is 11.1 Å². The van der Waals surface area contributed by atoms with Gasteiger partial charge in [0.15, 0.2) is 11.6 Å². The van der Waals surface area contributed by atoms with Gasteiger partial charge in [-0.15, -0.1) is 0 Å². The third-order valence-electron chi connectivity index (χ3n) is 2.71. The number of benzene rings is 2. The highest BCUT2D eigenvalue weighted by molar-refractivity contribution is 5.56. The molecule has 0 saturated carbocycles. The minimum Gasteiger partial charge on any atom is -0.454 e. The van der Waals surface area contributed by atoms with Crippen molar-refractivity contribution in [2.45, 2.75) is 13.8 Å². The van der Waals surface area contributed by atoms with Crippen molar-refractivity contribution in [3.05, 3.63) is 53.1 Å². The van der Waals surface area contributed by atoms with Crippen LogP contribution in [0.3, 0.4) is 0 Å². The van der Waals surface area contributed by atoms with Crippen LogP contribution >= 0.6 is 0 Å². The standard InChI is InChI=1S/C14H13F2NO/c1-8-6-10(7-9(2)14(8)17)18-12-5-3-4-11(15)13(12)16/h3-7H,17H2,1-2H3. The van der Waals surface area contributed by atoms with Gasteiger partial charge in [0, 0.05) is 5.69 Å². The summed E-state index contributed by atoms with van der Waals surface area (Å²) < 4.78 is 31.8. The molecule has 0 radical (unpaired) electrons. The third-order valence-corrected chi connectivity index (χ3v) is 2.71. The zero-order chi connectivity index (χ0) is 13.3. The lowest BCUT2D eigenvalue weighted by molar-refractivity contribution is 0.416. The van der Waals surface area contributed by atoms with E-state index in [1.807, 2.05) is 13.8 Å². The molecule has 2 rings (SSSR count). The Kier molecular flexibility index (Phi) is 3.19. The molecule has 2 aromatic rings. The topological polar surface area (TPSA) is 35.2 Å². The van der Waals surface area contributed by atoms with Crippen molar-refractivity contribution in [3.8, 4) is 11.5 Å². The van der Waals surface area contributed by atoms with Gasteiger partial charge in [-0.3, -0.25) is 0 Å². The molecule has 18 heavy (non-hydrogen) atoms. The quantitative estimate of drug-likeness (QED) is 0.818. The largest absolute Gasteiger partial charge is 0.454 e. The molecule has 0 fully saturated rings. The van der Waals surface area contributed by atoms with Crippen molar-refractivity contribution in [1.82, 2.24) is 0 Å². The van der Waals surface area contributed by atoms with Crippen LogP contribution in [0, 0.1) is 25.5 Å². The molecule has 0 unspecified atom stereocenters. The first-order chi connectivity index (χ1) is 8.49. The highest BCUT2D eigenvalue weighted by atomic mass is 19.2. The zero-order valence-corrected chi connectivity index (χ0v) is 10.1. The van der Waals surface area contributed by atoms with Gasteiger partial charge in [0.1, 0.15) is 5.75 Å². The maximum absolute atomic E-state index is 13.4. The van der Waals surface area contributed by atoms with Gasteiger partial charge >= 0.3 is 0 Å². The molecule has 0 saturated heterocycles. The highest BCUT2D eigenvalue weighted by Crippen LogP contribution is 2.29. The second kappa shape index (κ2) is 4.64. The molecule has 0 heterocycles. The molecular formula is C14H13F2NO. The molecule has 0 spiro atoms. The van der Waals surface area contributed by atoms with Crippen LogP contribution in [-0.4, -0.2) is 0 Å². The Morgan fingerprint density at radius 1 is 1.06 bits per heavy atom. The second-order valence-corrected chi connectivity index (χ2v) is 4.12. The van der Waals surface area contributed by atoms with E-state index in [2.05, 4.69) is 0 Å². The fourth-order valence-electron chi connectivity index (χ4n) is 1.68. The maximum atomic E-state index is 13.4. The van der Waals surface area contributed by atoms with Gasteiger partial charge in [-0.1, -0.05) is 6.07 Å². The molecule has 0 bridgehead atoms. The summed E-state index contributed by atoms with van der Waals surface area (Å²) in [7, 11) is 0. The van der Waals surface area contributed by atoms with Crippen LogP contribution in [0.25, 0.3) is 0 Å². The van der Waals surface area contributed by atoms with E-state index in [0.29, 0.717) is 11.4 Å². The molecule has 0 atom stereocenters. The highest BCUT2D eigenvalue weighted by Gasteiger charge is 2.10. The predicted molar refractivity (Wildman–Crippen MR) is 66.8 cm³/mol. The number of halogens is 2. The summed E-state index contributed by atoms with van der Waals surface area (Å²) in [6, 6.07) is 7.19. The SMILES string of the molecule is Cc1cc(Oc2cccc(F)c2F)cc(C)c1N. The van der Waals surface area contributed by atoms with Crippen LogP contribution in [0.5, 0.6) is 11.5 Å². The van der Waals surface area contributed by atoms with Crippen LogP contribution in [0.4, 0.5) is 14.5 Å². The average Bonchev–Trinajstić information content (AvgIpc) is 2.32. The number of nitrogen functional groups attached to an aromatic ring is 1. The van der Waals surface area contributed by atoms with Crippen molar-refractivity contribution >= 4 is 5.69 Å². The molecule has 0 aliphatic carbocycles. The Balaban J connectivity index is 2.37. The van der Waals surface area contributed by atoms with Gasteiger partial charge in [0.05, 0.1) is 0 Å². The van der Waals surface area contributed by atoms with Crippen molar-refractivity contribution < 1.29 is 13.5 Å². The van der Waals surface area contributed by atoms with Crippen LogP contribution in [0.2, 0.25) is 0 Å². The molecule has 2 aromatic carbocycles. The van der Waals surface area contributed by atoms with Crippen molar-refractivity contribution in [2.24, 2.45) is 0 Å². The molecular weight excluding hydrogens is 236 g/mol. The normalized spacial score (nSPS) is 10.4. The smallest absolute Gasteiger partial charge is 0.201 e. The number of hydrogen-bond donors (Lipinski definition) is 1. The van der Waals surface area contributed by atoms with Crippen LogP contribution in [-0.2, 0) is 0 Å². The van der Waals surface area contributed by atoms with E-state index in [4.69, 9.17) is 10.5 Å². The Morgan fingerprint density at radius 3 is 2.28 bits per heavy atom. The van der Waals surface area contributed by atoms with Gasteiger partial charge in [-0.2, -0.15) is 4.39 Å². The first kappa shape index (κ1) is 12.4. The predicted octanol–water partition coefficient (Wildman–Crippen LogP) is 3.96. The van der Waals surface area contributed by atoms with Gasteiger partial charge in [-0.05, 0) is 49.2 Å². The van der Waals surface area contributed by atoms with Crippen molar-refractivity contribution in [1.29, 1.82) is 0 Å². The first-order valence-electron chi connectivity index (χ1n) is 5.47. The van der Waals surface area contributed by atoms with E-state index in [-0.39, 0.29) is 5.75 Å². The van der Waals surface area contributed by atoms with E-state index in [9.17, 15) is 8.78 Å². The minimum absolute atomic E-state index is 0.140. The summed E-state index contributed by atoms with van der Waals surface area (Å²) in [4.78, 5) is 0. The molecule has 94 valence electrons. The lowest BCUT2D eigenvalue weighted by Crippen LogP contribution is -1.96. The monoisotopic (exact) mass is 249 g/mol. The Labute approximate surface area is 104 Å². The van der Waals surface area contributed by atoms with Crippen LogP contribution in [0.15, 0.2) is 30.3 Å². The van der Waals surface area contributed by atoms with E-state index in [1.54, 1.807) is 12.1 Å². The molecule has 0 aromatic heterocycles. The van der Waals surface area contributed by atoms with E-state index >= 15 is 0 Å². The van der Waals surface area contributed by atoms with E-state index in [1.165, 1.54) is 12.1 Å². The van der Waals surface area contributed by atoms with Crippen molar-refractivity contribution in [3.63, 3.8) is 0 Å². The molecule has 0 aliphatic heterocycles. The van der Waals surface area contributed by atoms with E-state index in [0.717, 1.165) is 17.2 Å². The number of anilines is 1. The summed E-state index contributed by atoms with van der Waals surface area (Å²) >= 11 is 0. The molecule has 0 aliphatic rings. The van der Waals surface area contributed by atoms with Crippen LogP contribution < -0.4 is 10.5 Å². The van der Waals surface area contributed by atoms with Gasteiger partial charge < -0.3 is 10.5 Å². The maximum Gasteiger partial charge on any atom is 0.201 e. The van der Waals surface area contributed by atoms with Crippen molar-refractivity contribution in [2.75, 3.05) is 5.73 Å². The molecule has 2 nitrogen and oxygen atoms in total. The second-order valence-electron chi connectivity index (χ2n) is 4.12. The summed E-state index contributed by atoms with van der Waals surface area (Å²) in [5.41, 5.74) is 8.15. The summed E-state index contributed by atoms with van der Waals surface area (Å²) in [6.07, 6.45) is 0. The third kappa shape index (κ3) is 2.27. The average molecular weight is 249 g/mol. The number of aryl methyl sites for hydroxylation is 2. The lowest BCUT2D eigenvalue weighted by atomic mass is 10.1. The van der Waals surface area contributed by atoms with Gasteiger partial charge in [-0.25, -0.2) is 4.39 Å². The summed E-state index contributed by atoms with van der Waals surface area (Å²) in [5.74, 6) is -1.64. The number of ether oxygens (including phenoxy) is 1. The molecule has 4 heteroatoms.